The van der Waals surface area contributed by atoms with Crippen LogP contribution in [0.3, 0.4) is 0 Å². The summed E-state index contributed by atoms with van der Waals surface area (Å²) in [4.78, 5) is 2.46. The van der Waals surface area contributed by atoms with Gasteiger partial charge in [0.25, 0.3) is 0 Å². The summed E-state index contributed by atoms with van der Waals surface area (Å²) in [5, 5.41) is 11.6. The zero-order valence-corrected chi connectivity index (χ0v) is 16.5. The molecule has 0 amide bonds. The summed E-state index contributed by atoms with van der Waals surface area (Å²) in [6.07, 6.45) is -0.371. The highest BCUT2D eigenvalue weighted by atomic mass is 19.4. The molecule has 0 radical (unpaired) electrons. The van der Waals surface area contributed by atoms with E-state index in [1.54, 1.807) is 0 Å². The highest BCUT2D eigenvalue weighted by Crippen LogP contribution is 2.48. The van der Waals surface area contributed by atoms with Crippen molar-refractivity contribution in [3.8, 4) is 5.75 Å². The van der Waals surface area contributed by atoms with E-state index >= 15 is 0 Å². The summed E-state index contributed by atoms with van der Waals surface area (Å²) in [5.41, 5.74) is -0.243. The number of benzene rings is 2. The molecule has 2 fully saturated rings. The second-order valence-electron chi connectivity index (χ2n) is 8.25. The molecule has 2 atom stereocenters. The number of hydrogen-bond donors (Lipinski definition) is 1. The highest BCUT2D eigenvalue weighted by Gasteiger charge is 2.47. The smallest absolute Gasteiger partial charge is 0.416 e. The van der Waals surface area contributed by atoms with Gasteiger partial charge in [-0.2, -0.15) is 13.2 Å². The largest absolute Gasteiger partial charge is 0.496 e. The molecular weight excluding hydrogens is 379 g/mol. The van der Waals surface area contributed by atoms with Crippen molar-refractivity contribution in [1.82, 2.24) is 4.90 Å². The first kappa shape index (κ1) is 20.2. The van der Waals surface area contributed by atoms with Crippen LogP contribution in [0.25, 0.3) is 0 Å². The summed E-state index contributed by atoms with van der Waals surface area (Å²) >= 11 is 0. The van der Waals surface area contributed by atoms with Crippen molar-refractivity contribution in [3.05, 3.63) is 65.2 Å². The number of hydrogen-bond acceptors (Lipinski definition) is 3. The van der Waals surface area contributed by atoms with Gasteiger partial charge in [-0.3, -0.25) is 4.90 Å². The summed E-state index contributed by atoms with van der Waals surface area (Å²) in [5.74, 6) is 0.108. The predicted molar refractivity (Wildman–Crippen MR) is 105 cm³/mol. The van der Waals surface area contributed by atoms with Crippen LogP contribution in [0.2, 0.25) is 0 Å². The van der Waals surface area contributed by atoms with E-state index in [4.69, 9.17) is 4.74 Å². The van der Waals surface area contributed by atoms with Gasteiger partial charge in [-0.25, -0.2) is 0 Å². The first-order valence-corrected chi connectivity index (χ1v) is 10.1. The molecular formula is C23H26F3NO2. The highest BCUT2D eigenvalue weighted by molar-refractivity contribution is 5.43. The second-order valence-corrected chi connectivity index (χ2v) is 8.25. The Kier molecular flexibility index (Phi) is 5.34. The number of halogens is 3. The van der Waals surface area contributed by atoms with Crippen LogP contribution in [-0.4, -0.2) is 29.2 Å². The van der Waals surface area contributed by atoms with Gasteiger partial charge >= 0.3 is 6.18 Å². The number of rotatable bonds is 4. The molecule has 0 aliphatic carbocycles. The van der Waals surface area contributed by atoms with Gasteiger partial charge in [-0.15, -0.1) is 0 Å². The molecule has 1 N–H and O–H groups in total. The van der Waals surface area contributed by atoms with E-state index in [2.05, 4.69) is 17.0 Å². The Morgan fingerprint density at radius 2 is 1.72 bits per heavy atom. The topological polar surface area (TPSA) is 32.7 Å². The fraction of sp³-hybridized carbons (Fsp3) is 0.478. The molecule has 2 saturated heterocycles. The van der Waals surface area contributed by atoms with Gasteiger partial charge < -0.3 is 9.84 Å². The lowest BCUT2D eigenvalue weighted by molar-refractivity contribution is -0.137. The van der Waals surface area contributed by atoms with Crippen molar-refractivity contribution < 1.29 is 23.0 Å². The number of aliphatic hydroxyl groups is 1. The van der Waals surface area contributed by atoms with Crippen molar-refractivity contribution in [2.75, 3.05) is 7.11 Å². The van der Waals surface area contributed by atoms with Gasteiger partial charge in [0.15, 0.2) is 0 Å². The Bertz CT molecular complexity index is 839. The van der Waals surface area contributed by atoms with E-state index in [9.17, 15) is 18.3 Å². The molecule has 2 aliphatic heterocycles. The van der Waals surface area contributed by atoms with E-state index in [1.165, 1.54) is 18.7 Å². The van der Waals surface area contributed by atoms with Crippen LogP contribution < -0.4 is 4.74 Å². The van der Waals surface area contributed by atoms with E-state index < -0.39 is 17.3 Å². The Balaban J connectivity index is 1.62. The Morgan fingerprint density at radius 3 is 2.31 bits per heavy atom. The lowest BCUT2D eigenvalue weighted by Crippen LogP contribution is -2.56. The van der Waals surface area contributed by atoms with Crippen LogP contribution in [0.5, 0.6) is 5.75 Å². The fourth-order valence-corrected chi connectivity index (χ4v) is 5.04. The van der Waals surface area contributed by atoms with Crippen molar-refractivity contribution >= 4 is 0 Å². The first-order chi connectivity index (χ1) is 13.8. The first-order valence-electron chi connectivity index (χ1n) is 10.1. The second kappa shape index (κ2) is 7.65. The maximum Gasteiger partial charge on any atom is 0.416 e. The molecule has 0 saturated carbocycles. The molecule has 2 aliphatic rings. The quantitative estimate of drug-likeness (QED) is 0.767. The molecule has 4 rings (SSSR count). The van der Waals surface area contributed by atoms with Crippen molar-refractivity contribution in [1.29, 1.82) is 0 Å². The molecule has 0 spiro atoms. The molecule has 2 bridgehead atoms. The maximum atomic E-state index is 13.1. The lowest BCUT2D eigenvalue weighted by atomic mass is 9.72. The average Bonchev–Trinajstić information content (AvgIpc) is 2.68. The van der Waals surface area contributed by atoms with Crippen LogP contribution in [-0.2, 0) is 18.3 Å². The molecule has 29 heavy (non-hydrogen) atoms. The third-order valence-corrected chi connectivity index (χ3v) is 6.40. The van der Waals surface area contributed by atoms with Crippen LogP contribution in [0.4, 0.5) is 13.2 Å². The van der Waals surface area contributed by atoms with E-state index in [0.717, 1.165) is 37.9 Å². The van der Waals surface area contributed by atoms with Gasteiger partial charge in [0.2, 0.25) is 0 Å². The minimum atomic E-state index is -4.44. The Labute approximate surface area is 169 Å². The van der Waals surface area contributed by atoms with Gasteiger partial charge in [-0.05, 0) is 43.4 Å². The van der Waals surface area contributed by atoms with E-state index in [0.29, 0.717) is 18.4 Å². The van der Waals surface area contributed by atoms with Crippen LogP contribution >= 0.6 is 0 Å². The zero-order chi connectivity index (χ0) is 20.6. The molecule has 2 aromatic carbocycles. The van der Waals surface area contributed by atoms with Gasteiger partial charge in [-0.1, -0.05) is 42.8 Å². The van der Waals surface area contributed by atoms with Crippen LogP contribution in [0.15, 0.2) is 48.5 Å². The molecule has 2 aromatic rings. The summed E-state index contributed by atoms with van der Waals surface area (Å²) in [6.45, 7) is 0.830. The Morgan fingerprint density at radius 1 is 1.07 bits per heavy atom. The molecule has 156 valence electrons. The monoisotopic (exact) mass is 405 g/mol. The number of ether oxygens (including phenoxy) is 1. The summed E-state index contributed by atoms with van der Waals surface area (Å²) in [7, 11) is 1.35. The van der Waals surface area contributed by atoms with Gasteiger partial charge in [0, 0.05) is 24.2 Å². The third kappa shape index (κ3) is 4.01. The minimum Gasteiger partial charge on any atom is -0.496 e. The minimum absolute atomic E-state index is 0.108. The number of piperidine rings is 2. The van der Waals surface area contributed by atoms with Crippen LogP contribution in [0, 0.1) is 0 Å². The Hall–Kier alpha value is -2.05. The van der Waals surface area contributed by atoms with Crippen molar-refractivity contribution in [2.24, 2.45) is 0 Å². The van der Waals surface area contributed by atoms with Crippen molar-refractivity contribution in [2.45, 2.75) is 62.5 Å². The summed E-state index contributed by atoms with van der Waals surface area (Å²) < 4.78 is 44.6. The van der Waals surface area contributed by atoms with Crippen molar-refractivity contribution in [3.63, 3.8) is 0 Å². The maximum absolute atomic E-state index is 13.1. The van der Waals surface area contributed by atoms with E-state index in [-0.39, 0.29) is 17.8 Å². The molecule has 2 heterocycles. The number of nitrogens with zero attached hydrogens (tertiary/aromatic N) is 1. The molecule has 0 aromatic heterocycles. The lowest BCUT2D eigenvalue weighted by Gasteiger charge is -2.52. The molecule has 6 heteroatoms. The van der Waals surface area contributed by atoms with Gasteiger partial charge in [0.05, 0.1) is 18.3 Å². The van der Waals surface area contributed by atoms with Gasteiger partial charge in [0.1, 0.15) is 5.75 Å². The standard InChI is InChI=1S/C23H26F3NO2/c1-29-21-12-17(23(24,25)26)10-11-20(21)22(28)13-18-8-5-9-19(14-22)27(18)15-16-6-3-2-4-7-16/h2-4,6-7,10-12,18-19,28H,5,8-9,13-15H2,1H3. The molecule has 2 unspecified atom stereocenters. The number of fused-ring (bicyclic) bond motifs is 2. The number of methoxy groups -OCH3 is 1. The number of alkyl halides is 3. The predicted octanol–water partition coefficient (Wildman–Crippen LogP) is 5.12. The summed E-state index contributed by atoms with van der Waals surface area (Å²) in [6, 6.07) is 14.1. The fourth-order valence-electron chi connectivity index (χ4n) is 5.04. The third-order valence-electron chi connectivity index (χ3n) is 6.40. The average molecular weight is 405 g/mol. The van der Waals surface area contributed by atoms with E-state index in [1.807, 2.05) is 18.2 Å². The molecule has 3 nitrogen and oxygen atoms in total. The zero-order valence-electron chi connectivity index (χ0n) is 16.5. The SMILES string of the molecule is COc1cc(C(F)(F)F)ccc1C1(O)CC2CCCC(C1)N2Cc1ccccc1. The van der Waals surface area contributed by atoms with Crippen LogP contribution in [0.1, 0.15) is 48.8 Å². The normalized spacial score (nSPS) is 27.6.